The fraction of sp³-hybridized carbons (Fsp3) is 0.238. The van der Waals surface area contributed by atoms with Crippen molar-refractivity contribution in [3.8, 4) is 0 Å². The van der Waals surface area contributed by atoms with Crippen molar-refractivity contribution in [3.05, 3.63) is 75.3 Å². The number of rotatable bonds is 6. The van der Waals surface area contributed by atoms with Crippen LogP contribution in [-0.2, 0) is 20.9 Å². The predicted molar refractivity (Wildman–Crippen MR) is 109 cm³/mol. The van der Waals surface area contributed by atoms with Crippen LogP contribution in [-0.4, -0.2) is 34.3 Å². The molecule has 8 nitrogen and oxygen atoms in total. The van der Waals surface area contributed by atoms with Crippen molar-refractivity contribution in [3.63, 3.8) is 0 Å². The lowest BCUT2D eigenvalue weighted by atomic mass is 10.2. The van der Waals surface area contributed by atoms with E-state index in [0.717, 1.165) is 4.68 Å². The molecule has 0 radical (unpaired) electrons. The van der Waals surface area contributed by atoms with Crippen LogP contribution >= 0.6 is 0 Å². The molecule has 3 aromatic rings. The van der Waals surface area contributed by atoms with E-state index < -0.39 is 30.2 Å². The maximum absolute atomic E-state index is 12.6. The van der Waals surface area contributed by atoms with E-state index in [0.29, 0.717) is 5.69 Å². The second-order valence-corrected chi connectivity index (χ2v) is 6.73. The fourth-order valence-electron chi connectivity index (χ4n) is 3.06. The molecule has 29 heavy (non-hydrogen) atoms. The Morgan fingerprint density at radius 2 is 1.62 bits per heavy atom. The standard InChI is InChI=1S/C21H21N3O5/c1-14(2)24(15-8-4-3-5-9-15)18(25)13-29-19(26)12-23-21(28)17-11-7-6-10-16(17)20(27)22-23/h3-11,14H,12-13H2,1-2H3,(H,22,27). The normalized spacial score (nSPS) is 10.9. The van der Waals surface area contributed by atoms with Gasteiger partial charge in [0.25, 0.3) is 17.0 Å². The molecular formula is C21H21N3O5. The summed E-state index contributed by atoms with van der Waals surface area (Å²) in [6.07, 6.45) is 0. The van der Waals surface area contributed by atoms with E-state index in [2.05, 4.69) is 5.10 Å². The Balaban J connectivity index is 1.71. The minimum absolute atomic E-state index is 0.136. The molecule has 2 aromatic carbocycles. The molecule has 0 saturated heterocycles. The van der Waals surface area contributed by atoms with Gasteiger partial charge in [-0.3, -0.25) is 24.3 Å². The first-order chi connectivity index (χ1) is 13.9. The number of hydrogen-bond acceptors (Lipinski definition) is 5. The molecule has 3 rings (SSSR count). The number of hydrogen-bond donors (Lipinski definition) is 1. The Morgan fingerprint density at radius 3 is 2.28 bits per heavy atom. The molecule has 0 fully saturated rings. The zero-order chi connectivity index (χ0) is 21.0. The highest BCUT2D eigenvalue weighted by molar-refractivity contribution is 5.95. The number of carbonyl (C=O) groups is 2. The summed E-state index contributed by atoms with van der Waals surface area (Å²) in [4.78, 5) is 50.8. The summed E-state index contributed by atoms with van der Waals surface area (Å²) in [7, 11) is 0. The lowest BCUT2D eigenvalue weighted by Crippen LogP contribution is -2.40. The Labute approximate surface area is 166 Å². The second-order valence-electron chi connectivity index (χ2n) is 6.73. The highest BCUT2D eigenvalue weighted by Gasteiger charge is 2.20. The minimum atomic E-state index is -0.803. The smallest absolute Gasteiger partial charge is 0.328 e. The van der Waals surface area contributed by atoms with E-state index in [9.17, 15) is 19.2 Å². The number of benzene rings is 2. The van der Waals surface area contributed by atoms with Crippen molar-refractivity contribution < 1.29 is 14.3 Å². The van der Waals surface area contributed by atoms with Crippen LogP contribution in [0, 0.1) is 0 Å². The van der Waals surface area contributed by atoms with Gasteiger partial charge in [-0.25, -0.2) is 4.68 Å². The number of anilines is 1. The Bertz CT molecular complexity index is 1150. The average Bonchev–Trinajstić information content (AvgIpc) is 2.71. The van der Waals surface area contributed by atoms with Crippen LogP contribution in [0.2, 0.25) is 0 Å². The quantitative estimate of drug-likeness (QED) is 0.640. The number of amides is 1. The minimum Gasteiger partial charge on any atom is -0.454 e. The molecule has 1 aromatic heterocycles. The van der Waals surface area contributed by atoms with Gasteiger partial charge in [-0.2, -0.15) is 0 Å². The lowest BCUT2D eigenvalue weighted by Gasteiger charge is -2.26. The summed E-state index contributed by atoms with van der Waals surface area (Å²) in [5.74, 6) is -1.19. The third kappa shape index (κ3) is 4.43. The van der Waals surface area contributed by atoms with Crippen molar-refractivity contribution in [2.75, 3.05) is 11.5 Å². The number of nitrogens with zero attached hydrogens (tertiary/aromatic N) is 2. The second kappa shape index (κ2) is 8.55. The third-order valence-electron chi connectivity index (χ3n) is 4.35. The first kappa shape index (κ1) is 20.1. The van der Waals surface area contributed by atoms with Crippen LogP contribution < -0.4 is 16.0 Å². The zero-order valence-corrected chi connectivity index (χ0v) is 16.1. The number of H-pyrrole nitrogens is 1. The van der Waals surface area contributed by atoms with Gasteiger partial charge in [0.2, 0.25) is 0 Å². The van der Waals surface area contributed by atoms with Crippen molar-refractivity contribution >= 4 is 28.3 Å². The van der Waals surface area contributed by atoms with Crippen molar-refractivity contribution in [2.45, 2.75) is 26.4 Å². The molecule has 0 spiro atoms. The number of ether oxygens (including phenoxy) is 1. The largest absolute Gasteiger partial charge is 0.454 e. The van der Waals surface area contributed by atoms with Gasteiger partial charge in [-0.1, -0.05) is 30.3 Å². The van der Waals surface area contributed by atoms with E-state index in [1.807, 2.05) is 32.0 Å². The highest BCUT2D eigenvalue weighted by Crippen LogP contribution is 2.16. The van der Waals surface area contributed by atoms with E-state index in [1.165, 1.54) is 17.0 Å². The molecule has 0 bridgehead atoms. The van der Waals surface area contributed by atoms with E-state index in [-0.39, 0.29) is 22.7 Å². The molecule has 0 unspecified atom stereocenters. The van der Waals surface area contributed by atoms with Gasteiger partial charge in [0.1, 0.15) is 6.54 Å². The molecule has 0 aliphatic heterocycles. The highest BCUT2D eigenvalue weighted by atomic mass is 16.5. The molecular weight excluding hydrogens is 374 g/mol. The molecule has 8 heteroatoms. The Kier molecular flexibility index (Phi) is 5.92. The van der Waals surface area contributed by atoms with Crippen molar-refractivity contribution in [1.29, 1.82) is 0 Å². The number of esters is 1. The summed E-state index contributed by atoms with van der Waals surface area (Å²) in [6, 6.07) is 15.2. The number of nitrogens with one attached hydrogen (secondary N) is 1. The number of fused-ring (bicyclic) bond motifs is 1. The molecule has 0 aliphatic carbocycles. The molecule has 1 heterocycles. The van der Waals surface area contributed by atoms with Crippen molar-refractivity contribution in [2.24, 2.45) is 0 Å². The van der Waals surface area contributed by atoms with Crippen LogP contribution in [0.4, 0.5) is 5.69 Å². The molecule has 0 saturated carbocycles. The van der Waals surface area contributed by atoms with Gasteiger partial charge in [0.15, 0.2) is 6.61 Å². The predicted octanol–water partition coefficient (Wildman–Crippen LogP) is 1.67. The molecule has 150 valence electrons. The van der Waals surface area contributed by atoms with Gasteiger partial charge >= 0.3 is 5.97 Å². The molecule has 1 N–H and O–H groups in total. The Morgan fingerprint density at radius 1 is 1.00 bits per heavy atom. The third-order valence-corrected chi connectivity index (χ3v) is 4.35. The number of para-hydroxylation sites is 1. The number of carbonyl (C=O) groups excluding carboxylic acids is 2. The van der Waals surface area contributed by atoms with E-state index in [4.69, 9.17) is 4.74 Å². The summed E-state index contributed by atoms with van der Waals surface area (Å²) in [5, 5.41) is 2.80. The summed E-state index contributed by atoms with van der Waals surface area (Å²) < 4.78 is 5.94. The van der Waals surface area contributed by atoms with Crippen LogP contribution in [0.3, 0.4) is 0 Å². The lowest BCUT2D eigenvalue weighted by molar-refractivity contribution is -0.148. The maximum atomic E-state index is 12.6. The molecule has 0 atom stereocenters. The van der Waals surface area contributed by atoms with Crippen LogP contribution in [0.1, 0.15) is 13.8 Å². The van der Waals surface area contributed by atoms with Gasteiger partial charge in [0.05, 0.1) is 10.8 Å². The van der Waals surface area contributed by atoms with Gasteiger partial charge in [-0.15, -0.1) is 0 Å². The molecule has 1 amide bonds. The van der Waals surface area contributed by atoms with Gasteiger partial charge in [0, 0.05) is 11.7 Å². The zero-order valence-electron chi connectivity index (χ0n) is 16.1. The summed E-state index contributed by atoms with van der Waals surface area (Å²) >= 11 is 0. The summed E-state index contributed by atoms with van der Waals surface area (Å²) in [6.45, 7) is 2.73. The van der Waals surface area contributed by atoms with Gasteiger partial charge < -0.3 is 9.64 Å². The average molecular weight is 395 g/mol. The topological polar surface area (TPSA) is 101 Å². The molecule has 0 aliphatic rings. The van der Waals surface area contributed by atoms with Gasteiger partial charge in [-0.05, 0) is 38.1 Å². The fourth-order valence-corrected chi connectivity index (χ4v) is 3.06. The SMILES string of the molecule is CC(C)N(C(=O)COC(=O)Cn1[nH]c(=O)c2ccccc2c1=O)c1ccccc1. The maximum Gasteiger partial charge on any atom is 0.328 e. The van der Waals surface area contributed by atoms with Crippen molar-refractivity contribution in [1.82, 2.24) is 9.78 Å². The van der Waals surface area contributed by atoms with Crippen LogP contribution in [0.5, 0.6) is 0 Å². The Hall–Kier alpha value is -3.68. The first-order valence-corrected chi connectivity index (χ1v) is 9.13. The first-order valence-electron chi connectivity index (χ1n) is 9.13. The van der Waals surface area contributed by atoms with E-state index in [1.54, 1.807) is 24.3 Å². The number of aromatic nitrogens is 2. The van der Waals surface area contributed by atoms with Crippen LogP contribution in [0.25, 0.3) is 10.8 Å². The summed E-state index contributed by atoms with van der Waals surface area (Å²) in [5.41, 5.74) is -0.311. The van der Waals surface area contributed by atoms with Crippen LogP contribution in [0.15, 0.2) is 64.2 Å². The number of aromatic amines is 1. The monoisotopic (exact) mass is 395 g/mol. The van der Waals surface area contributed by atoms with E-state index >= 15 is 0 Å².